The van der Waals surface area contributed by atoms with Crippen LogP contribution in [0.3, 0.4) is 0 Å². The molecule has 0 bridgehead atoms. The van der Waals surface area contributed by atoms with Gasteiger partial charge in [-0.25, -0.2) is 0 Å². The van der Waals surface area contributed by atoms with E-state index in [2.05, 4.69) is 15.4 Å². The van der Waals surface area contributed by atoms with E-state index >= 15 is 0 Å². The van der Waals surface area contributed by atoms with Gasteiger partial charge in [-0.3, -0.25) is 9.59 Å². The summed E-state index contributed by atoms with van der Waals surface area (Å²) in [5.74, 6) is -0.630. The fourth-order valence-corrected chi connectivity index (χ4v) is 0.655. The third-order valence-corrected chi connectivity index (χ3v) is 1.54. The van der Waals surface area contributed by atoms with Crippen LogP contribution in [0.25, 0.3) is 0 Å². The number of ether oxygens (including phenoxy) is 1. The van der Waals surface area contributed by atoms with Crippen LogP contribution in [-0.4, -0.2) is 38.1 Å². The van der Waals surface area contributed by atoms with Gasteiger partial charge in [-0.05, 0) is 20.9 Å². The molecule has 13 heavy (non-hydrogen) atoms. The quantitative estimate of drug-likeness (QED) is 0.558. The van der Waals surface area contributed by atoms with Crippen LogP contribution >= 0.6 is 0 Å². The van der Waals surface area contributed by atoms with Gasteiger partial charge in [0.2, 0.25) is 5.91 Å². The zero-order valence-corrected chi connectivity index (χ0v) is 8.22. The fourth-order valence-electron chi connectivity index (χ4n) is 0.655. The fraction of sp³-hybridized carbons (Fsp3) is 0.750. The van der Waals surface area contributed by atoms with E-state index in [0.717, 1.165) is 0 Å². The van der Waals surface area contributed by atoms with Gasteiger partial charge in [-0.1, -0.05) is 0 Å². The Balaban J connectivity index is 3.63. The van der Waals surface area contributed by atoms with Crippen molar-refractivity contribution in [2.45, 2.75) is 19.9 Å². The third-order valence-electron chi connectivity index (χ3n) is 1.54. The average Bonchev–Trinajstić information content (AvgIpc) is 2.13. The van der Waals surface area contributed by atoms with Crippen molar-refractivity contribution in [3.8, 4) is 0 Å². The molecule has 1 unspecified atom stereocenters. The molecule has 0 fully saturated rings. The number of amides is 1. The van der Waals surface area contributed by atoms with Gasteiger partial charge in [0, 0.05) is 0 Å². The second-order valence-corrected chi connectivity index (χ2v) is 2.53. The Labute approximate surface area is 77.8 Å². The first-order valence-corrected chi connectivity index (χ1v) is 4.22. The van der Waals surface area contributed by atoms with Crippen LogP contribution in [0.15, 0.2) is 0 Å². The summed E-state index contributed by atoms with van der Waals surface area (Å²) in [6.45, 7) is 3.69. The van der Waals surface area contributed by atoms with Gasteiger partial charge in [-0.2, -0.15) is 0 Å². The van der Waals surface area contributed by atoms with E-state index < -0.39 is 5.97 Å². The molecular formula is C8H16N2O3. The van der Waals surface area contributed by atoms with Gasteiger partial charge >= 0.3 is 5.97 Å². The lowest BCUT2D eigenvalue weighted by Gasteiger charge is -2.09. The Morgan fingerprint density at radius 2 is 2.08 bits per heavy atom. The van der Waals surface area contributed by atoms with Crippen molar-refractivity contribution in [1.29, 1.82) is 0 Å². The summed E-state index contributed by atoms with van der Waals surface area (Å²) in [5, 5.41) is 5.20. The monoisotopic (exact) mass is 188 g/mol. The minimum absolute atomic E-state index is 0.0707. The highest BCUT2D eigenvalue weighted by atomic mass is 16.5. The predicted octanol–water partition coefficient (Wildman–Crippen LogP) is -0.726. The van der Waals surface area contributed by atoms with Crippen molar-refractivity contribution in [2.75, 3.05) is 20.2 Å². The molecule has 0 radical (unpaired) electrons. The van der Waals surface area contributed by atoms with Crippen LogP contribution in [0.5, 0.6) is 0 Å². The van der Waals surface area contributed by atoms with Crippen molar-refractivity contribution >= 4 is 11.9 Å². The highest BCUT2D eigenvalue weighted by molar-refractivity contribution is 5.85. The van der Waals surface area contributed by atoms with Crippen molar-refractivity contribution < 1.29 is 14.3 Å². The zero-order valence-electron chi connectivity index (χ0n) is 8.22. The molecule has 0 aliphatic heterocycles. The van der Waals surface area contributed by atoms with E-state index in [1.807, 2.05) is 0 Å². The molecule has 0 heterocycles. The lowest BCUT2D eigenvalue weighted by molar-refractivity contribution is -0.143. The number of hydrogen-bond acceptors (Lipinski definition) is 4. The molecule has 0 spiro atoms. The first-order valence-electron chi connectivity index (χ1n) is 4.22. The summed E-state index contributed by atoms with van der Waals surface area (Å²) in [6, 6.07) is -0.297. The topological polar surface area (TPSA) is 67.4 Å². The molecule has 0 aromatic rings. The van der Waals surface area contributed by atoms with Crippen LogP contribution in [0.4, 0.5) is 0 Å². The number of hydrogen-bond donors (Lipinski definition) is 2. The Kier molecular flexibility index (Phi) is 5.88. The van der Waals surface area contributed by atoms with Gasteiger partial charge in [-0.15, -0.1) is 0 Å². The van der Waals surface area contributed by atoms with E-state index in [9.17, 15) is 9.59 Å². The van der Waals surface area contributed by atoms with E-state index in [-0.39, 0.29) is 18.5 Å². The summed E-state index contributed by atoms with van der Waals surface area (Å²) in [6.07, 6.45) is 0. The third kappa shape index (κ3) is 5.19. The Morgan fingerprint density at radius 1 is 1.46 bits per heavy atom. The van der Waals surface area contributed by atoms with Crippen LogP contribution in [-0.2, 0) is 14.3 Å². The summed E-state index contributed by atoms with van der Waals surface area (Å²) in [5.41, 5.74) is 0. The molecule has 0 aliphatic carbocycles. The smallest absolute Gasteiger partial charge is 0.325 e. The number of esters is 1. The van der Waals surface area contributed by atoms with E-state index in [1.165, 1.54) is 0 Å². The van der Waals surface area contributed by atoms with Gasteiger partial charge < -0.3 is 15.4 Å². The number of likely N-dealkylation sites (N-methyl/N-ethyl adjacent to an activating group) is 1. The van der Waals surface area contributed by atoms with Gasteiger partial charge in [0.05, 0.1) is 12.6 Å². The second kappa shape index (κ2) is 6.42. The van der Waals surface area contributed by atoms with Gasteiger partial charge in [0.15, 0.2) is 0 Å². The molecule has 0 saturated carbocycles. The van der Waals surface area contributed by atoms with Crippen molar-refractivity contribution in [1.82, 2.24) is 10.6 Å². The second-order valence-electron chi connectivity index (χ2n) is 2.53. The van der Waals surface area contributed by atoms with Crippen molar-refractivity contribution in [3.05, 3.63) is 0 Å². The summed E-state index contributed by atoms with van der Waals surface area (Å²) in [4.78, 5) is 21.9. The van der Waals surface area contributed by atoms with E-state index in [1.54, 1.807) is 20.9 Å². The lowest BCUT2D eigenvalue weighted by Crippen LogP contribution is -2.42. The van der Waals surface area contributed by atoms with Crippen molar-refractivity contribution in [3.63, 3.8) is 0 Å². The molecule has 1 amide bonds. The molecule has 0 aromatic heterocycles. The molecule has 0 aromatic carbocycles. The Morgan fingerprint density at radius 3 is 2.54 bits per heavy atom. The molecule has 1 atom stereocenters. The highest BCUT2D eigenvalue weighted by Crippen LogP contribution is 1.80. The summed E-state index contributed by atoms with van der Waals surface area (Å²) >= 11 is 0. The lowest BCUT2D eigenvalue weighted by atomic mass is 10.3. The molecule has 0 saturated heterocycles. The molecule has 0 aliphatic rings. The Hall–Kier alpha value is -1.10. The summed E-state index contributed by atoms with van der Waals surface area (Å²) in [7, 11) is 1.68. The number of carbonyl (C=O) groups excluding carboxylic acids is 2. The van der Waals surface area contributed by atoms with Crippen LogP contribution in [0.2, 0.25) is 0 Å². The zero-order chi connectivity index (χ0) is 10.3. The maximum absolute atomic E-state index is 11.1. The first kappa shape index (κ1) is 11.9. The molecule has 5 nitrogen and oxygen atoms in total. The minimum Gasteiger partial charge on any atom is -0.465 e. The van der Waals surface area contributed by atoms with Gasteiger partial charge in [0.1, 0.15) is 6.54 Å². The van der Waals surface area contributed by atoms with Crippen LogP contribution in [0, 0.1) is 0 Å². The predicted molar refractivity (Wildman–Crippen MR) is 48.2 cm³/mol. The normalized spacial score (nSPS) is 11.9. The van der Waals surface area contributed by atoms with E-state index in [4.69, 9.17) is 0 Å². The standard InChI is InChI=1S/C8H16N2O3/c1-4-13-7(11)5-10-8(12)6(2)9-3/h6,9H,4-5H2,1-3H3,(H,10,12). The highest BCUT2D eigenvalue weighted by Gasteiger charge is 2.11. The van der Waals surface area contributed by atoms with Gasteiger partial charge in [0.25, 0.3) is 0 Å². The number of nitrogens with one attached hydrogen (secondary N) is 2. The van der Waals surface area contributed by atoms with Crippen molar-refractivity contribution in [2.24, 2.45) is 0 Å². The molecular weight excluding hydrogens is 172 g/mol. The first-order chi connectivity index (χ1) is 6.11. The largest absolute Gasteiger partial charge is 0.465 e. The molecule has 2 N–H and O–H groups in total. The van der Waals surface area contributed by atoms with Crippen LogP contribution < -0.4 is 10.6 Å². The number of rotatable bonds is 5. The van der Waals surface area contributed by atoms with E-state index in [0.29, 0.717) is 6.61 Å². The number of carbonyl (C=O) groups is 2. The molecule has 0 rings (SSSR count). The Bertz CT molecular complexity index is 182. The maximum atomic E-state index is 11.1. The van der Waals surface area contributed by atoms with Crippen LogP contribution in [0.1, 0.15) is 13.8 Å². The maximum Gasteiger partial charge on any atom is 0.325 e. The summed E-state index contributed by atoms with van der Waals surface area (Å²) < 4.78 is 4.63. The molecule has 5 heteroatoms. The minimum atomic E-state index is -0.417. The average molecular weight is 188 g/mol. The SMILES string of the molecule is CCOC(=O)CNC(=O)C(C)NC. The molecule has 76 valence electrons.